The van der Waals surface area contributed by atoms with Gasteiger partial charge in [-0.05, 0) is 61.7 Å². The molecule has 1 aliphatic rings. The Labute approximate surface area is 153 Å². The van der Waals surface area contributed by atoms with Crippen LogP contribution in [0.25, 0.3) is 10.9 Å². The van der Waals surface area contributed by atoms with Gasteiger partial charge in [0.2, 0.25) is 5.91 Å². The highest BCUT2D eigenvalue weighted by atomic mass is 16.2. The number of aryl methyl sites for hydroxylation is 1. The molecule has 2 aromatic carbocycles. The molecule has 1 aliphatic carbocycles. The van der Waals surface area contributed by atoms with E-state index in [4.69, 9.17) is 0 Å². The van der Waals surface area contributed by atoms with Crippen LogP contribution in [0.2, 0.25) is 0 Å². The quantitative estimate of drug-likeness (QED) is 0.771. The molecule has 1 heterocycles. The molecule has 0 aliphatic heterocycles. The van der Waals surface area contributed by atoms with Crippen molar-refractivity contribution < 1.29 is 4.79 Å². The van der Waals surface area contributed by atoms with E-state index in [-0.39, 0.29) is 5.91 Å². The second kappa shape index (κ2) is 7.26. The molecule has 132 valence electrons. The van der Waals surface area contributed by atoms with Gasteiger partial charge in [-0.15, -0.1) is 0 Å². The molecule has 1 N–H and O–H groups in total. The van der Waals surface area contributed by atoms with Crippen LogP contribution >= 0.6 is 0 Å². The first-order chi connectivity index (χ1) is 12.7. The van der Waals surface area contributed by atoms with Gasteiger partial charge in [0.1, 0.15) is 0 Å². The summed E-state index contributed by atoms with van der Waals surface area (Å²) in [5, 5.41) is 4.02. The Bertz CT molecular complexity index is 932. The summed E-state index contributed by atoms with van der Waals surface area (Å²) in [6.45, 7) is 0.371. The maximum absolute atomic E-state index is 12.6. The SMILES string of the molecule is CN(CC(=O)Nc1cccc2ncccc12)[C@H]1CCCc2ccccc21. The third-order valence-corrected chi connectivity index (χ3v) is 5.18. The molecule has 26 heavy (non-hydrogen) atoms. The molecule has 0 radical (unpaired) electrons. The third-order valence-electron chi connectivity index (χ3n) is 5.18. The summed E-state index contributed by atoms with van der Waals surface area (Å²) >= 11 is 0. The number of carbonyl (C=O) groups excluding carboxylic acids is 1. The minimum Gasteiger partial charge on any atom is -0.324 e. The zero-order chi connectivity index (χ0) is 17.9. The Balaban J connectivity index is 1.48. The summed E-state index contributed by atoms with van der Waals surface area (Å²) in [5.74, 6) is 0.00640. The Hall–Kier alpha value is -2.72. The standard InChI is InChI=1S/C22H23N3O/c1-25(21-13-4-8-16-7-2-3-9-17(16)21)15-22(26)24-20-12-5-11-19-18(20)10-6-14-23-19/h2-3,5-7,9-12,14,21H,4,8,13,15H2,1H3,(H,24,26)/t21-/m0/s1. The van der Waals surface area contributed by atoms with Gasteiger partial charge in [0, 0.05) is 17.6 Å². The number of likely N-dealkylation sites (N-methyl/N-ethyl adjacent to an activating group) is 1. The average molecular weight is 345 g/mol. The number of fused-ring (bicyclic) bond motifs is 2. The van der Waals surface area contributed by atoms with E-state index in [0.717, 1.165) is 29.4 Å². The molecule has 3 aromatic rings. The minimum absolute atomic E-state index is 0.00640. The van der Waals surface area contributed by atoms with Gasteiger partial charge in [-0.25, -0.2) is 0 Å². The number of rotatable bonds is 4. The molecular weight excluding hydrogens is 322 g/mol. The molecule has 1 atom stereocenters. The molecule has 0 saturated heterocycles. The summed E-state index contributed by atoms with van der Waals surface area (Å²) in [4.78, 5) is 19.2. The molecule has 0 fully saturated rings. The number of pyridine rings is 1. The Morgan fingerprint density at radius 2 is 2.04 bits per heavy atom. The molecule has 0 saturated carbocycles. The number of nitrogens with zero attached hydrogens (tertiary/aromatic N) is 2. The molecule has 1 amide bonds. The van der Waals surface area contributed by atoms with Gasteiger partial charge in [0.05, 0.1) is 17.7 Å². The van der Waals surface area contributed by atoms with E-state index in [1.807, 2.05) is 37.4 Å². The van der Waals surface area contributed by atoms with Gasteiger partial charge in [0.15, 0.2) is 0 Å². The second-order valence-corrected chi connectivity index (χ2v) is 6.95. The van der Waals surface area contributed by atoms with Crippen LogP contribution in [0.3, 0.4) is 0 Å². The van der Waals surface area contributed by atoms with E-state index in [1.165, 1.54) is 17.5 Å². The minimum atomic E-state index is 0.00640. The van der Waals surface area contributed by atoms with E-state index in [2.05, 4.69) is 39.5 Å². The van der Waals surface area contributed by atoms with Crippen LogP contribution in [0.1, 0.15) is 30.0 Å². The zero-order valence-corrected chi connectivity index (χ0v) is 15.0. The number of anilines is 1. The summed E-state index contributed by atoms with van der Waals surface area (Å²) < 4.78 is 0. The molecule has 0 bridgehead atoms. The van der Waals surface area contributed by atoms with Crippen molar-refractivity contribution in [3.05, 3.63) is 71.9 Å². The van der Waals surface area contributed by atoms with Crippen molar-refractivity contribution in [1.82, 2.24) is 9.88 Å². The molecular formula is C22H23N3O. The van der Waals surface area contributed by atoms with Crippen molar-refractivity contribution in [3.63, 3.8) is 0 Å². The molecule has 4 heteroatoms. The smallest absolute Gasteiger partial charge is 0.238 e. The number of amides is 1. The van der Waals surface area contributed by atoms with Crippen LogP contribution in [-0.4, -0.2) is 29.4 Å². The number of hydrogen-bond donors (Lipinski definition) is 1. The summed E-state index contributed by atoms with van der Waals surface area (Å²) in [5.41, 5.74) is 4.48. The predicted molar refractivity (Wildman–Crippen MR) is 105 cm³/mol. The fourth-order valence-corrected chi connectivity index (χ4v) is 3.92. The first-order valence-electron chi connectivity index (χ1n) is 9.14. The molecule has 0 spiro atoms. The third kappa shape index (κ3) is 3.33. The molecule has 1 aromatic heterocycles. The summed E-state index contributed by atoms with van der Waals surface area (Å²) in [6, 6.07) is 18.6. The Morgan fingerprint density at radius 3 is 2.96 bits per heavy atom. The van der Waals surface area contributed by atoms with E-state index < -0.39 is 0 Å². The lowest BCUT2D eigenvalue weighted by molar-refractivity contribution is -0.117. The van der Waals surface area contributed by atoms with Crippen molar-refractivity contribution >= 4 is 22.5 Å². The topological polar surface area (TPSA) is 45.2 Å². The van der Waals surface area contributed by atoms with Crippen molar-refractivity contribution in [2.24, 2.45) is 0 Å². The van der Waals surface area contributed by atoms with E-state index in [1.54, 1.807) is 6.20 Å². The molecule has 4 rings (SSSR count). The van der Waals surface area contributed by atoms with Crippen LogP contribution in [0.4, 0.5) is 5.69 Å². The van der Waals surface area contributed by atoms with E-state index >= 15 is 0 Å². The van der Waals surface area contributed by atoms with Gasteiger partial charge in [-0.1, -0.05) is 30.3 Å². The zero-order valence-electron chi connectivity index (χ0n) is 15.0. The number of hydrogen-bond acceptors (Lipinski definition) is 3. The van der Waals surface area contributed by atoms with Gasteiger partial charge in [-0.2, -0.15) is 0 Å². The summed E-state index contributed by atoms with van der Waals surface area (Å²) in [6.07, 6.45) is 5.17. The maximum atomic E-state index is 12.6. The second-order valence-electron chi connectivity index (χ2n) is 6.95. The van der Waals surface area contributed by atoms with Crippen LogP contribution in [0, 0.1) is 0 Å². The lowest BCUT2D eigenvalue weighted by atomic mass is 9.87. The first-order valence-corrected chi connectivity index (χ1v) is 9.14. The van der Waals surface area contributed by atoms with Gasteiger partial charge in [-0.3, -0.25) is 14.7 Å². The fourth-order valence-electron chi connectivity index (χ4n) is 3.92. The van der Waals surface area contributed by atoms with Crippen molar-refractivity contribution in [2.45, 2.75) is 25.3 Å². The Morgan fingerprint density at radius 1 is 1.15 bits per heavy atom. The van der Waals surface area contributed by atoms with Crippen LogP contribution < -0.4 is 5.32 Å². The monoisotopic (exact) mass is 345 g/mol. The van der Waals surface area contributed by atoms with E-state index in [9.17, 15) is 4.79 Å². The van der Waals surface area contributed by atoms with Crippen LogP contribution in [-0.2, 0) is 11.2 Å². The van der Waals surface area contributed by atoms with Crippen molar-refractivity contribution in [2.75, 3.05) is 18.9 Å². The number of carbonyl (C=O) groups is 1. The lowest BCUT2D eigenvalue weighted by Crippen LogP contribution is -2.34. The highest BCUT2D eigenvalue weighted by Crippen LogP contribution is 2.33. The first kappa shape index (κ1) is 16.7. The molecule has 4 nitrogen and oxygen atoms in total. The van der Waals surface area contributed by atoms with Crippen LogP contribution in [0.15, 0.2) is 60.8 Å². The van der Waals surface area contributed by atoms with Gasteiger partial charge < -0.3 is 5.32 Å². The lowest BCUT2D eigenvalue weighted by Gasteiger charge is -2.32. The summed E-state index contributed by atoms with van der Waals surface area (Å²) in [7, 11) is 2.04. The predicted octanol–water partition coefficient (Wildman–Crippen LogP) is 4.18. The number of aromatic nitrogens is 1. The largest absolute Gasteiger partial charge is 0.324 e. The highest BCUT2D eigenvalue weighted by Gasteiger charge is 2.24. The maximum Gasteiger partial charge on any atom is 0.238 e. The van der Waals surface area contributed by atoms with Crippen molar-refractivity contribution in [1.29, 1.82) is 0 Å². The Kier molecular flexibility index (Phi) is 4.67. The van der Waals surface area contributed by atoms with Crippen LogP contribution in [0.5, 0.6) is 0 Å². The van der Waals surface area contributed by atoms with E-state index in [0.29, 0.717) is 12.6 Å². The normalized spacial score (nSPS) is 16.5. The fraction of sp³-hybridized carbons (Fsp3) is 0.273. The van der Waals surface area contributed by atoms with Gasteiger partial charge in [0.25, 0.3) is 0 Å². The molecule has 0 unspecified atom stereocenters. The highest BCUT2D eigenvalue weighted by molar-refractivity contribution is 6.01. The average Bonchev–Trinajstić information content (AvgIpc) is 2.67. The number of benzene rings is 2. The number of nitrogens with one attached hydrogen (secondary N) is 1. The van der Waals surface area contributed by atoms with Crippen molar-refractivity contribution in [3.8, 4) is 0 Å². The van der Waals surface area contributed by atoms with Gasteiger partial charge >= 0.3 is 0 Å².